The third-order valence-electron chi connectivity index (χ3n) is 3.63. The van der Waals surface area contributed by atoms with Crippen molar-refractivity contribution in [2.24, 2.45) is 0 Å². The molecule has 0 bridgehead atoms. The molecule has 1 rings (SSSR count). The second kappa shape index (κ2) is 5.56. The average Bonchev–Trinajstić information content (AvgIpc) is 2.22. The van der Waals surface area contributed by atoms with Gasteiger partial charge in [0, 0.05) is 5.56 Å². The lowest BCUT2D eigenvalue weighted by molar-refractivity contribution is 0.440. The summed E-state index contributed by atoms with van der Waals surface area (Å²) >= 11 is 0. The molecule has 1 aromatic rings. The van der Waals surface area contributed by atoms with Gasteiger partial charge in [0.15, 0.2) is 0 Å². The molecular weight excluding hydrogens is 232 g/mol. The second-order valence-electron chi connectivity index (χ2n) is 7.59. The van der Waals surface area contributed by atoms with Crippen LogP contribution in [0.25, 0.3) is 0 Å². The monoisotopic (exact) mass is 262 g/mol. The predicted octanol–water partition coefficient (Wildman–Crippen LogP) is 5.33. The average molecular weight is 262 g/mol. The molecule has 0 heterocycles. The zero-order chi connectivity index (χ0) is 14.8. The van der Waals surface area contributed by atoms with Gasteiger partial charge < -0.3 is 5.11 Å². The fourth-order valence-corrected chi connectivity index (χ4v) is 2.79. The van der Waals surface area contributed by atoms with Crippen molar-refractivity contribution in [1.82, 2.24) is 0 Å². The molecule has 108 valence electrons. The third kappa shape index (κ3) is 3.75. The number of hydrogen-bond acceptors (Lipinski definition) is 1. The summed E-state index contributed by atoms with van der Waals surface area (Å²) < 4.78 is 0. The Hall–Kier alpha value is -0.980. The van der Waals surface area contributed by atoms with E-state index in [2.05, 4.69) is 54.5 Å². The van der Waals surface area contributed by atoms with E-state index in [4.69, 9.17) is 0 Å². The van der Waals surface area contributed by atoms with E-state index in [0.717, 1.165) is 12.0 Å². The van der Waals surface area contributed by atoms with Crippen LogP contribution in [0.3, 0.4) is 0 Å². The van der Waals surface area contributed by atoms with Crippen LogP contribution in [0.1, 0.15) is 78.0 Å². The molecule has 1 heteroatoms. The Balaban J connectivity index is 3.51. The predicted molar refractivity (Wildman–Crippen MR) is 84.1 cm³/mol. The van der Waals surface area contributed by atoms with E-state index in [9.17, 15) is 5.11 Å². The van der Waals surface area contributed by atoms with Crippen molar-refractivity contribution < 1.29 is 5.11 Å². The Labute approximate surface area is 119 Å². The molecule has 0 saturated carbocycles. The maximum atomic E-state index is 10.3. The Morgan fingerprint density at radius 1 is 0.947 bits per heavy atom. The molecule has 0 aromatic heterocycles. The summed E-state index contributed by atoms with van der Waals surface area (Å²) in [6.07, 6.45) is 3.42. The van der Waals surface area contributed by atoms with Gasteiger partial charge in [0.05, 0.1) is 0 Å². The maximum absolute atomic E-state index is 10.3. The maximum Gasteiger partial charge on any atom is 0.119 e. The second-order valence-corrected chi connectivity index (χ2v) is 7.59. The number of phenols is 1. The Morgan fingerprint density at radius 3 is 1.95 bits per heavy atom. The molecular formula is C18H30O. The molecule has 0 spiro atoms. The highest BCUT2D eigenvalue weighted by atomic mass is 16.3. The Morgan fingerprint density at radius 2 is 1.53 bits per heavy atom. The number of rotatable bonds is 3. The summed E-state index contributed by atoms with van der Waals surface area (Å²) in [5.41, 5.74) is 3.98. The SMILES string of the molecule is CCCCc1c(C(C)(C)C)ccc(O)c1C(C)(C)C. The largest absolute Gasteiger partial charge is 0.508 e. The van der Waals surface area contributed by atoms with Gasteiger partial charge in [-0.1, -0.05) is 61.0 Å². The van der Waals surface area contributed by atoms with E-state index in [1.165, 1.54) is 24.0 Å². The van der Waals surface area contributed by atoms with Crippen molar-refractivity contribution in [2.45, 2.75) is 78.6 Å². The van der Waals surface area contributed by atoms with Gasteiger partial charge in [-0.05, 0) is 40.9 Å². The van der Waals surface area contributed by atoms with Gasteiger partial charge in [-0.3, -0.25) is 0 Å². The smallest absolute Gasteiger partial charge is 0.119 e. The van der Waals surface area contributed by atoms with Crippen LogP contribution in [0.2, 0.25) is 0 Å². The van der Waals surface area contributed by atoms with Crippen LogP contribution in [-0.2, 0) is 17.3 Å². The van der Waals surface area contributed by atoms with Crippen LogP contribution in [0.15, 0.2) is 12.1 Å². The van der Waals surface area contributed by atoms with Crippen LogP contribution in [0.5, 0.6) is 5.75 Å². The van der Waals surface area contributed by atoms with E-state index in [0.29, 0.717) is 5.75 Å². The molecule has 0 aliphatic heterocycles. The molecule has 0 fully saturated rings. The summed E-state index contributed by atoms with van der Waals surface area (Å²) in [4.78, 5) is 0. The Kier molecular flexibility index (Phi) is 4.71. The van der Waals surface area contributed by atoms with Crippen LogP contribution >= 0.6 is 0 Å². The van der Waals surface area contributed by atoms with Gasteiger partial charge in [-0.2, -0.15) is 0 Å². The summed E-state index contributed by atoms with van der Waals surface area (Å²) in [5.74, 6) is 0.451. The standard InChI is InChI=1S/C18H30O/c1-8-9-10-13-14(17(2,3)4)11-12-15(19)16(13)18(5,6)7/h11-12,19H,8-10H2,1-7H3. The summed E-state index contributed by atoms with van der Waals surface area (Å²) in [6.45, 7) is 15.5. The zero-order valence-electron chi connectivity index (χ0n) is 13.7. The lowest BCUT2D eigenvalue weighted by Gasteiger charge is -2.31. The molecule has 0 unspecified atom stereocenters. The lowest BCUT2D eigenvalue weighted by Crippen LogP contribution is -2.21. The van der Waals surface area contributed by atoms with Crippen LogP contribution in [0, 0.1) is 0 Å². The number of aromatic hydroxyl groups is 1. The van der Waals surface area contributed by atoms with Gasteiger partial charge in [-0.15, -0.1) is 0 Å². The summed E-state index contributed by atoms with van der Waals surface area (Å²) in [5, 5.41) is 10.3. The molecule has 0 amide bonds. The fraction of sp³-hybridized carbons (Fsp3) is 0.667. The van der Waals surface area contributed by atoms with Crippen LogP contribution in [0.4, 0.5) is 0 Å². The number of phenolic OH excluding ortho intramolecular Hbond substituents is 1. The van der Waals surface area contributed by atoms with Gasteiger partial charge in [-0.25, -0.2) is 0 Å². The van der Waals surface area contributed by atoms with Crippen molar-refractivity contribution in [3.8, 4) is 5.75 Å². The first kappa shape index (κ1) is 16.1. The van der Waals surface area contributed by atoms with Crippen molar-refractivity contribution in [3.63, 3.8) is 0 Å². The minimum atomic E-state index is -0.0194. The Bertz CT molecular complexity index is 430. The third-order valence-corrected chi connectivity index (χ3v) is 3.63. The van der Waals surface area contributed by atoms with Crippen LogP contribution < -0.4 is 0 Å². The normalized spacial score (nSPS) is 12.8. The molecule has 0 atom stereocenters. The van der Waals surface area contributed by atoms with Gasteiger partial charge in [0.2, 0.25) is 0 Å². The minimum Gasteiger partial charge on any atom is -0.508 e. The van der Waals surface area contributed by atoms with E-state index in [1.54, 1.807) is 0 Å². The number of hydrogen-bond donors (Lipinski definition) is 1. The molecule has 1 N–H and O–H groups in total. The van der Waals surface area contributed by atoms with E-state index in [1.807, 2.05) is 6.07 Å². The fourth-order valence-electron chi connectivity index (χ4n) is 2.79. The first-order valence-electron chi connectivity index (χ1n) is 7.44. The summed E-state index contributed by atoms with van der Waals surface area (Å²) in [7, 11) is 0. The zero-order valence-corrected chi connectivity index (χ0v) is 13.7. The molecule has 0 saturated heterocycles. The van der Waals surface area contributed by atoms with Gasteiger partial charge >= 0.3 is 0 Å². The first-order valence-corrected chi connectivity index (χ1v) is 7.44. The van der Waals surface area contributed by atoms with E-state index < -0.39 is 0 Å². The quantitative estimate of drug-likeness (QED) is 0.780. The van der Waals surface area contributed by atoms with E-state index in [-0.39, 0.29) is 10.8 Å². The topological polar surface area (TPSA) is 20.2 Å². The molecule has 1 nitrogen and oxygen atoms in total. The molecule has 1 aromatic carbocycles. The van der Waals surface area contributed by atoms with Crippen molar-refractivity contribution in [3.05, 3.63) is 28.8 Å². The van der Waals surface area contributed by atoms with Crippen molar-refractivity contribution in [1.29, 1.82) is 0 Å². The van der Waals surface area contributed by atoms with Crippen LogP contribution in [-0.4, -0.2) is 5.11 Å². The van der Waals surface area contributed by atoms with Crippen molar-refractivity contribution >= 4 is 0 Å². The molecule has 0 aliphatic rings. The molecule has 19 heavy (non-hydrogen) atoms. The molecule has 0 radical (unpaired) electrons. The molecule has 0 aliphatic carbocycles. The highest BCUT2D eigenvalue weighted by Crippen LogP contribution is 2.39. The minimum absolute atomic E-state index is 0.0194. The highest BCUT2D eigenvalue weighted by molar-refractivity contribution is 5.50. The number of unbranched alkanes of at least 4 members (excludes halogenated alkanes) is 1. The van der Waals surface area contributed by atoms with Crippen molar-refractivity contribution in [2.75, 3.05) is 0 Å². The van der Waals surface area contributed by atoms with E-state index >= 15 is 0 Å². The number of benzene rings is 1. The van der Waals surface area contributed by atoms with Gasteiger partial charge in [0.25, 0.3) is 0 Å². The highest BCUT2D eigenvalue weighted by Gasteiger charge is 2.27. The summed E-state index contributed by atoms with van der Waals surface area (Å²) in [6, 6.07) is 3.98. The lowest BCUT2D eigenvalue weighted by atomic mass is 9.74. The first-order chi connectivity index (χ1) is 8.59. The van der Waals surface area contributed by atoms with Gasteiger partial charge in [0.1, 0.15) is 5.75 Å².